The number of benzene rings is 1. The Morgan fingerprint density at radius 2 is 1.94 bits per heavy atom. The Morgan fingerprint density at radius 1 is 1.12 bits per heavy atom. The van der Waals surface area contributed by atoms with Crippen LogP contribution in [0.25, 0.3) is 10.9 Å². The van der Waals surface area contributed by atoms with Crippen molar-refractivity contribution in [3.05, 3.63) is 82.9 Å². The number of pyridine rings is 2. The molecule has 1 fully saturated rings. The molecule has 5 rings (SSSR count). The lowest BCUT2D eigenvalue weighted by atomic mass is 9.97. The minimum Gasteiger partial charge on any atom is -0.493 e. The normalized spacial score (nSPS) is 16.9. The number of carbonyl (C=O) groups is 1. The highest BCUT2D eigenvalue weighted by Gasteiger charge is 2.27. The average molecular weight is 519 g/mol. The highest BCUT2D eigenvalue weighted by molar-refractivity contribution is 9.10. The first kappa shape index (κ1) is 22.4. The van der Waals surface area contributed by atoms with Crippen molar-refractivity contribution in [1.82, 2.24) is 19.4 Å². The van der Waals surface area contributed by atoms with Crippen molar-refractivity contribution in [3.8, 4) is 5.88 Å². The van der Waals surface area contributed by atoms with Gasteiger partial charge in [0, 0.05) is 47.2 Å². The summed E-state index contributed by atoms with van der Waals surface area (Å²) in [5.41, 5.74) is 2.59. The molecule has 0 radical (unpaired) electrons. The second-order valence-corrected chi connectivity index (χ2v) is 9.18. The van der Waals surface area contributed by atoms with Gasteiger partial charge in [0.15, 0.2) is 5.69 Å². The van der Waals surface area contributed by atoms with Gasteiger partial charge in [0.25, 0.3) is 5.91 Å². The number of hydrogen-bond donors (Lipinski definition) is 1. The number of aromatic hydroxyl groups is 1. The van der Waals surface area contributed by atoms with Crippen molar-refractivity contribution < 1.29 is 9.90 Å². The van der Waals surface area contributed by atoms with Gasteiger partial charge in [-0.2, -0.15) is 0 Å². The number of likely N-dealkylation sites (tertiary alicyclic amines) is 1. The monoisotopic (exact) mass is 518 g/mol. The topological polar surface area (TPSA) is 96.0 Å². The SMILES string of the molecule is O=C(N=Nc1c(O)n(CN2CCCC[C@H]2c2cccnc2)c2ccc(Br)cc12)c1cccnc1. The Labute approximate surface area is 205 Å². The third kappa shape index (κ3) is 4.49. The van der Waals surface area contributed by atoms with Crippen LogP contribution in [0.4, 0.5) is 5.69 Å². The third-order valence-electron chi connectivity index (χ3n) is 6.13. The number of fused-ring (bicyclic) bond motifs is 1. The molecule has 1 aliphatic heterocycles. The van der Waals surface area contributed by atoms with Crippen molar-refractivity contribution >= 4 is 38.4 Å². The Balaban J connectivity index is 1.51. The molecule has 9 heteroatoms. The number of azo groups is 1. The number of piperidine rings is 1. The molecule has 0 unspecified atom stereocenters. The van der Waals surface area contributed by atoms with Gasteiger partial charge in [0.1, 0.15) is 0 Å². The van der Waals surface area contributed by atoms with Gasteiger partial charge in [0.2, 0.25) is 5.88 Å². The van der Waals surface area contributed by atoms with Crippen LogP contribution in [0.5, 0.6) is 5.88 Å². The predicted octanol–water partition coefficient (Wildman–Crippen LogP) is 6.01. The van der Waals surface area contributed by atoms with E-state index in [1.54, 1.807) is 24.5 Å². The molecule has 1 N–H and O–H groups in total. The molecule has 0 aliphatic carbocycles. The smallest absolute Gasteiger partial charge is 0.296 e. The van der Waals surface area contributed by atoms with Gasteiger partial charge in [0.05, 0.1) is 17.7 Å². The predicted molar refractivity (Wildman–Crippen MR) is 132 cm³/mol. The fourth-order valence-corrected chi connectivity index (χ4v) is 4.83. The molecule has 4 aromatic rings. The summed E-state index contributed by atoms with van der Waals surface area (Å²) in [5, 5.41) is 20.0. The van der Waals surface area contributed by atoms with Crippen LogP contribution >= 0.6 is 15.9 Å². The summed E-state index contributed by atoms with van der Waals surface area (Å²) in [7, 11) is 0. The summed E-state index contributed by atoms with van der Waals surface area (Å²) in [4.78, 5) is 23.0. The van der Waals surface area contributed by atoms with E-state index in [-0.39, 0.29) is 17.6 Å². The Morgan fingerprint density at radius 3 is 2.71 bits per heavy atom. The minimum absolute atomic E-state index is 0.0219. The van der Waals surface area contributed by atoms with Crippen molar-refractivity contribution in [1.29, 1.82) is 0 Å². The molecule has 172 valence electrons. The van der Waals surface area contributed by atoms with E-state index in [9.17, 15) is 9.90 Å². The van der Waals surface area contributed by atoms with E-state index in [2.05, 4.69) is 47.1 Å². The Bertz CT molecular complexity index is 1340. The highest BCUT2D eigenvalue weighted by Crippen LogP contribution is 2.41. The number of nitrogens with zero attached hydrogens (tertiary/aromatic N) is 6. The first-order chi connectivity index (χ1) is 16.6. The van der Waals surface area contributed by atoms with Crippen LogP contribution in [0.2, 0.25) is 0 Å². The first-order valence-corrected chi connectivity index (χ1v) is 11.9. The van der Waals surface area contributed by atoms with E-state index in [4.69, 9.17) is 0 Å². The Kier molecular flexibility index (Phi) is 6.46. The van der Waals surface area contributed by atoms with E-state index in [1.165, 1.54) is 11.8 Å². The van der Waals surface area contributed by atoms with Crippen molar-refractivity contribution in [2.75, 3.05) is 6.54 Å². The lowest BCUT2D eigenvalue weighted by Crippen LogP contribution is -2.34. The van der Waals surface area contributed by atoms with Gasteiger partial charge in [-0.15, -0.1) is 10.2 Å². The quantitative estimate of drug-likeness (QED) is 0.326. The first-order valence-electron chi connectivity index (χ1n) is 11.1. The maximum absolute atomic E-state index is 12.4. The molecule has 1 atom stereocenters. The maximum atomic E-state index is 12.4. The van der Waals surface area contributed by atoms with Gasteiger partial charge >= 0.3 is 0 Å². The van der Waals surface area contributed by atoms with E-state index in [1.807, 2.05) is 35.0 Å². The Hall–Kier alpha value is -3.43. The lowest BCUT2D eigenvalue weighted by molar-refractivity contribution is 0.0994. The fourth-order valence-electron chi connectivity index (χ4n) is 4.47. The standard InChI is InChI=1S/C25H23BrN6O2/c26-19-8-9-22-20(13-19)23(29-30-24(33)18-6-4-11-28-15-18)25(34)32(22)16-31-12-2-1-7-21(31)17-5-3-10-27-14-17/h3-6,8-11,13-15,21,34H,1-2,7,12,16H2/t21-/m0/s1. The summed E-state index contributed by atoms with van der Waals surface area (Å²) in [6, 6.07) is 13.3. The van der Waals surface area contributed by atoms with Crippen molar-refractivity contribution in [2.45, 2.75) is 32.0 Å². The molecule has 0 spiro atoms. The zero-order valence-corrected chi connectivity index (χ0v) is 20.0. The molecule has 4 heterocycles. The van der Waals surface area contributed by atoms with Gasteiger partial charge < -0.3 is 5.11 Å². The minimum atomic E-state index is -0.518. The largest absolute Gasteiger partial charge is 0.493 e. The van der Waals surface area contributed by atoms with E-state index < -0.39 is 5.91 Å². The second-order valence-electron chi connectivity index (χ2n) is 8.26. The highest BCUT2D eigenvalue weighted by atomic mass is 79.9. The zero-order chi connectivity index (χ0) is 23.5. The van der Waals surface area contributed by atoms with Gasteiger partial charge in [-0.3, -0.25) is 24.2 Å². The molecule has 34 heavy (non-hydrogen) atoms. The van der Waals surface area contributed by atoms with Crippen LogP contribution in [0.3, 0.4) is 0 Å². The van der Waals surface area contributed by atoms with Crippen molar-refractivity contribution in [3.63, 3.8) is 0 Å². The molecule has 3 aromatic heterocycles. The molecule has 0 saturated carbocycles. The molecule has 1 aliphatic rings. The molecular formula is C25H23BrN6O2. The maximum Gasteiger partial charge on any atom is 0.296 e. The van der Waals surface area contributed by atoms with Gasteiger partial charge in [-0.1, -0.05) is 28.4 Å². The van der Waals surface area contributed by atoms with Crippen LogP contribution in [-0.2, 0) is 6.67 Å². The van der Waals surface area contributed by atoms with E-state index in [0.29, 0.717) is 17.6 Å². The zero-order valence-electron chi connectivity index (χ0n) is 18.4. The number of carbonyl (C=O) groups excluding carboxylic acids is 1. The van der Waals surface area contributed by atoms with Crippen LogP contribution in [0, 0.1) is 0 Å². The fraction of sp³-hybridized carbons (Fsp3) is 0.240. The van der Waals surface area contributed by atoms with Crippen LogP contribution in [0.15, 0.2) is 82.0 Å². The van der Waals surface area contributed by atoms with Gasteiger partial charge in [-0.25, -0.2) is 0 Å². The van der Waals surface area contributed by atoms with Crippen molar-refractivity contribution in [2.24, 2.45) is 10.2 Å². The molecular weight excluding hydrogens is 496 g/mol. The number of amides is 1. The molecule has 8 nitrogen and oxygen atoms in total. The number of rotatable bonds is 5. The number of halogens is 1. The lowest BCUT2D eigenvalue weighted by Gasteiger charge is -2.36. The van der Waals surface area contributed by atoms with E-state index in [0.717, 1.165) is 35.8 Å². The van der Waals surface area contributed by atoms with Crippen LogP contribution in [-0.4, -0.2) is 37.0 Å². The van der Waals surface area contributed by atoms with Crippen LogP contribution < -0.4 is 0 Å². The van der Waals surface area contributed by atoms with E-state index >= 15 is 0 Å². The summed E-state index contributed by atoms with van der Waals surface area (Å²) in [6.45, 7) is 1.39. The summed E-state index contributed by atoms with van der Waals surface area (Å²) in [6.07, 6.45) is 10.00. The molecule has 1 amide bonds. The average Bonchev–Trinajstić information content (AvgIpc) is 3.13. The summed E-state index contributed by atoms with van der Waals surface area (Å²) < 4.78 is 2.68. The summed E-state index contributed by atoms with van der Waals surface area (Å²) in [5.74, 6) is -0.539. The molecule has 0 bridgehead atoms. The van der Waals surface area contributed by atoms with Crippen LogP contribution in [0.1, 0.15) is 41.2 Å². The molecule has 1 saturated heterocycles. The molecule has 1 aromatic carbocycles. The summed E-state index contributed by atoms with van der Waals surface area (Å²) >= 11 is 3.50. The number of hydrogen-bond acceptors (Lipinski definition) is 6. The second kappa shape index (κ2) is 9.82. The third-order valence-corrected chi connectivity index (χ3v) is 6.62. The number of aromatic nitrogens is 3. The van der Waals surface area contributed by atoms with Gasteiger partial charge in [-0.05, 0) is 54.8 Å².